The first kappa shape index (κ1) is 13.7. The Hall–Kier alpha value is -2.33. The molecular formula is C12H10N4OS. The van der Waals surface area contributed by atoms with Gasteiger partial charge >= 0.3 is 0 Å². The summed E-state index contributed by atoms with van der Waals surface area (Å²) in [6.07, 6.45) is 0. The van der Waals surface area contributed by atoms with E-state index in [1.165, 1.54) is 16.2 Å². The zero-order valence-corrected chi connectivity index (χ0v) is 10.3. The number of hydrogen-bond acceptors (Lipinski definition) is 5. The fourth-order valence-corrected chi connectivity index (χ4v) is 1.95. The SMILES string of the molecule is N#CCN(CC#N)C(=O)c1csc(C#CCN)c1. The molecule has 0 saturated heterocycles. The van der Waals surface area contributed by atoms with Crippen molar-refractivity contribution in [3.05, 3.63) is 21.9 Å². The van der Waals surface area contributed by atoms with Crippen molar-refractivity contribution in [3.8, 4) is 24.0 Å². The topological polar surface area (TPSA) is 93.9 Å². The molecule has 1 aromatic rings. The highest BCUT2D eigenvalue weighted by molar-refractivity contribution is 7.10. The molecule has 1 heterocycles. The normalized spacial score (nSPS) is 8.61. The number of hydrogen-bond donors (Lipinski definition) is 1. The number of thiophene rings is 1. The molecule has 0 unspecified atom stereocenters. The van der Waals surface area contributed by atoms with Crippen LogP contribution in [0.3, 0.4) is 0 Å². The molecule has 0 bridgehead atoms. The number of rotatable bonds is 3. The number of nitrogens with two attached hydrogens (primary N) is 1. The van der Waals surface area contributed by atoms with Crippen LogP contribution < -0.4 is 5.73 Å². The largest absolute Gasteiger partial charge is 0.320 e. The monoisotopic (exact) mass is 258 g/mol. The highest BCUT2D eigenvalue weighted by atomic mass is 32.1. The fourth-order valence-electron chi connectivity index (χ4n) is 1.20. The van der Waals surface area contributed by atoms with Gasteiger partial charge in [-0.3, -0.25) is 4.79 Å². The molecule has 0 aromatic carbocycles. The van der Waals surface area contributed by atoms with E-state index in [9.17, 15) is 4.79 Å². The minimum Gasteiger partial charge on any atom is -0.320 e. The lowest BCUT2D eigenvalue weighted by atomic mass is 10.2. The van der Waals surface area contributed by atoms with Crippen molar-refractivity contribution in [2.75, 3.05) is 19.6 Å². The van der Waals surface area contributed by atoms with Crippen LogP contribution in [0.4, 0.5) is 0 Å². The highest BCUT2D eigenvalue weighted by Crippen LogP contribution is 2.15. The van der Waals surface area contributed by atoms with Gasteiger partial charge in [0.15, 0.2) is 0 Å². The van der Waals surface area contributed by atoms with Crippen LogP contribution >= 0.6 is 11.3 Å². The Bertz CT molecular complexity index is 551. The number of carbonyl (C=O) groups excluding carboxylic acids is 1. The van der Waals surface area contributed by atoms with Crippen LogP contribution in [-0.2, 0) is 0 Å². The molecule has 0 radical (unpaired) electrons. The van der Waals surface area contributed by atoms with E-state index < -0.39 is 0 Å². The predicted octanol–water partition coefficient (Wildman–Crippen LogP) is 0.548. The third-order valence-electron chi connectivity index (χ3n) is 1.97. The van der Waals surface area contributed by atoms with Crippen molar-refractivity contribution in [1.29, 1.82) is 10.5 Å². The summed E-state index contributed by atoms with van der Waals surface area (Å²) < 4.78 is 0. The van der Waals surface area contributed by atoms with Gasteiger partial charge in [0.25, 0.3) is 5.91 Å². The number of carbonyl (C=O) groups is 1. The minimum atomic E-state index is -0.338. The van der Waals surface area contributed by atoms with Crippen LogP contribution in [0.1, 0.15) is 15.2 Å². The summed E-state index contributed by atoms with van der Waals surface area (Å²) in [5.41, 5.74) is 5.69. The molecule has 1 aromatic heterocycles. The Balaban J connectivity index is 2.86. The van der Waals surface area contributed by atoms with Crippen molar-refractivity contribution in [3.63, 3.8) is 0 Å². The van der Waals surface area contributed by atoms with Gasteiger partial charge in [-0.2, -0.15) is 10.5 Å². The van der Waals surface area contributed by atoms with Crippen LogP contribution in [-0.4, -0.2) is 30.4 Å². The zero-order chi connectivity index (χ0) is 13.4. The van der Waals surface area contributed by atoms with E-state index in [1.54, 1.807) is 11.4 Å². The molecule has 18 heavy (non-hydrogen) atoms. The van der Waals surface area contributed by atoms with Crippen molar-refractivity contribution < 1.29 is 4.79 Å². The highest BCUT2D eigenvalue weighted by Gasteiger charge is 2.16. The molecule has 5 nitrogen and oxygen atoms in total. The van der Waals surface area contributed by atoms with Gasteiger partial charge in [0.2, 0.25) is 0 Å². The molecule has 0 aliphatic carbocycles. The van der Waals surface area contributed by atoms with Crippen LogP contribution in [0, 0.1) is 34.5 Å². The van der Waals surface area contributed by atoms with Gasteiger partial charge in [-0.05, 0) is 6.07 Å². The van der Waals surface area contributed by atoms with Gasteiger partial charge in [-0.1, -0.05) is 11.8 Å². The van der Waals surface area contributed by atoms with Crippen molar-refractivity contribution in [1.82, 2.24) is 4.90 Å². The molecule has 0 aliphatic rings. The van der Waals surface area contributed by atoms with Gasteiger partial charge < -0.3 is 10.6 Å². The number of nitriles is 2. The lowest BCUT2D eigenvalue weighted by molar-refractivity contribution is 0.0795. The maximum absolute atomic E-state index is 12.0. The second-order valence-corrected chi connectivity index (χ2v) is 4.09. The summed E-state index contributed by atoms with van der Waals surface area (Å²) >= 11 is 1.33. The lowest BCUT2D eigenvalue weighted by Gasteiger charge is -2.14. The maximum Gasteiger partial charge on any atom is 0.256 e. The van der Waals surface area contributed by atoms with E-state index in [0.717, 1.165) is 4.88 Å². The standard InChI is InChI=1S/C12H10N4OS/c13-3-1-2-11-8-10(9-18-11)12(17)16(6-4-14)7-5-15/h8-9H,3,6-7,13H2. The quantitative estimate of drug-likeness (QED) is 0.632. The maximum atomic E-state index is 12.0. The Morgan fingerprint density at radius 1 is 1.39 bits per heavy atom. The summed E-state index contributed by atoms with van der Waals surface area (Å²) in [6, 6.07) is 5.35. The molecule has 2 N–H and O–H groups in total. The summed E-state index contributed by atoms with van der Waals surface area (Å²) in [7, 11) is 0. The third-order valence-corrected chi connectivity index (χ3v) is 2.82. The Labute approximate surface area is 109 Å². The van der Waals surface area contributed by atoms with Gasteiger partial charge in [0.1, 0.15) is 13.1 Å². The number of nitrogens with zero attached hydrogens (tertiary/aromatic N) is 3. The molecule has 0 aliphatic heterocycles. The Morgan fingerprint density at radius 2 is 2.06 bits per heavy atom. The molecule has 1 amide bonds. The Morgan fingerprint density at radius 3 is 2.61 bits per heavy atom. The molecular weight excluding hydrogens is 248 g/mol. The van der Waals surface area contributed by atoms with Crippen LogP contribution in [0.15, 0.2) is 11.4 Å². The minimum absolute atomic E-state index is 0.105. The van der Waals surface area contributed by atoms with Crippen LogP contribution in [0.25, 0.3) is 0 Å². The predicted molar refractivity (Wildman–Crippen MR) is 67.4 cm³/mol. The van der Waals surface area contributed by atoms with E-state index in [2.05, 4.69) is 11.8 Å². The van der Waals surface area contributed by atoms with Crippen LogP contribution in [0.2, 0.25) is 0 Å². The van der Waals surface area contributed by atoms with E-state index in [4.69, 9.17) is 16.3 Å². The average molecular weight is 258 g/mol. The smallest absolute Gasteiger partial charge is 0.256 e. The molecule has 6 heteroatoms. The molecule has 0 atom stereocenters. The second kappa shape index (κ2) is 7.09. The second-order valence-electron chi connectivity index (χ2n) is 3.18. The molecule has 0 fully saturated rings. The van der Waals surface area contributed by atoms with Gasteiger partial charge in [0, 0.05) is 5.38 Å². The van der Waals surface area contributed by atoms with Crippen molar-refractivity contribution >= 4 is 17.2 Å². The molecule has 0 saturated carbocycles. The summed E-state index contributed by atoms with van der Waals surface area (Å²) in [6.45, 7) is 0.0499. The van der Waals surface area contributed by atoms with E-state index in [-0.39, 0.29) is 25.5 Å². The first-order valence-corrected chi connectivity index (χ1v) is 5.91. The average Bonchev–Trinajstić information content (AvgIpc) is 2.84. The van der Waals surface area contributed by atoms with Crippen molar-refractivity contribution in [2.45, 2.75) is 0 Å². The first-order valence-electron chi connectivity index (χ1n) is 5.03. The van der Waals surface area contributed by atoms with E-state index in [0.29, 0.717) is 5.56 Å². The molecule has 90 valence electrons. The van der Waals surface area contributed by atoms with Gasteiger partial charge in [-0.15, -0.1) is 11.3 Å². The van der Waals surface area contributed by atoms with E-state index >= 15 is 0 Å². The first-order chi connectivity index (χ1) is 8.72. The number of amides is 1. The van der Waals surface area contributed by atoms with Gasteiger partial charge in [-0.25, -0.2) is 0 Å². The van der Waals surface area contributed by atoms with E-state index in [1.807, 2.05) is 12.1 Å². The fraction of sp³-hybridized carbons (Fsp3) is 0.250. The summed E-state index contributed by atoms with van der Waals surface area (Å²) in [5.74, 6) is 5.18. The zero-order valence-electron chi connectivity index (χ0n) is 9.51. The van der Waals surface area contributed by atoms with Crippen LogP contribution in [0.5, 0.6) is 0 Å². The summed E-state index contributed by atoms with van der Waals surface area (Å²) in [5, 5.41) is 18.8. The van der Waals surface area contributed by atoms with Gasteiger partial charge in [0.05, 0.1) is 29.1 Å². The molecule has 0 spiro atoms. The molecule has 1 rings (SSSR count). The lowest BCUT2D eigenvalue weighted by Crippen LogP contribution is -2.31. The Kier molecular flexibility index (Phi) is 5.41. The third kappa shape index (κ3) is 3.61. The summed E-state index contributed by atoms with van der Waals surface area (Å²) in [4.78, 5) is 13.9. The van der Waals surface area contributed by atoms with Crippen molar-refractivity contribution in [2.24, 2.45) is 5.73 Å².